The Labute approximate surface area is 225 Å². The van der Waals surface area contributed by atoms with Crippen LogP contribution in [-0.4, -0.2) is 97.9 Å². The monoisotopic (exact) mass is 558 g/mol. The molecule has 2 rings (SSSR count). The van der Waals surface area contributed by atoms with E-state index in [9.17, 15) is 24.0 Å². The molecule has 0 bridgehead atoms. The summed E-state index contributed by atoms with van der Waals surface area (Å²) in [5.41, 5.74) is 0. The van der Waals surface area contributed by atoms with Crippen molar-refractivity contribution in [2.45, 2.75) is 110 Å². The van der Waals surface area contributed by atoms with Gasteiger partial charge in [-0.05, 0) is 13.8 Å². The SMILES string of the molecule is C#CCO[C@@H]1OC(C)[C@H](OC(C)=O)C(O[C@@H]2OC(C)[C@H](OC(C)=O)C(OC(C)=O)C2OC(C)=O)C1OC(C)=O. The van der Waals surface area contributed by atoms with Gasteiger partial charge < -0.3 is 42.6 Å². The Balaban J connectivity index is 2.56. The molecule has 0 aromatic carbocycles. The fourth-order valence-corrected chi connectivity index (χ4v) is 4.30. The van der Waals surface area contributed by atoms with E-state index in [1.165, 1.54) is 6.92 Å². The van der Waals surface area contributed by atoms with Gasteiger partial charge in [0.05, 0.1) is 12.2 Å². The number of esters is 5. The zero-order valence-corrected chi connectivity index (χ0v) is 22.8. The van der Waals surface area contributed by atoms with E-state index in [4.69, 9.17) is 49.1 Å². The van der Waals surface area contributed by atoms with Crippen LogP contribution in [0.2, 0.25) is 0 Å². The van der Waals surface area contributed by atoms with Crippen LogP contribution in [0.3, 0.4) is 0 Å². The van der Waals surface area contributed by atoms with E-state index >= 15 is 0 Å². The maximum atomic E-state index is 12.1. The molecule has 2 heterocycles. The fourth-order valence-electron chi connectivity index (χ4n) is 4.30. The van der Waals surface area contributed by atoms with Crippen molar-refractivity contribution in [1.29, 1.82) is 0 Å². The van der Waals surface area contributed by atoms with E-state index in [1.807, 2.05) is 0 Å². The predicted molar refractivity (Wildman–Crippen MR) is 126 cm³/mol. The summed E-state index contributed by atoms with van der Waals surface area (Å²) in [7, 11) is 0. The van der Waals surface area contributed by atoms with Crippen molar-refractivity contribution in [2.24, 2.45) is 0 Å². The van der Waals surface area contributed by atoms with Crippen LogP contribution in [0.1, 0.15) is 48.5 Å². The van der Waals surface area contributed by atoms with Crippen molar-refractivity contribution >= 4 is 29.8 Å². The highest BCUT2D eigenvalue weighted by Gasteiger charge is 2.56. The van der Waals surface area contributed by atoms with E-state index < -0.39 is 91.3 Å². The molecule has 0 N–H and O–H groups in total. The van der Waals surface area contributed by atoms with Gasteiger partial charge in [0, 0.05) is 34.6 Å². The summed E-state index contributed by atoms with van der Waals surface area (Å²) in [6, 6.07) is 0. The minimum Gasteiger partial charge on any atom is -0.457 e. The second-order valence-corrected chi connectivity index (χ2v) is 8.91. The molecule has 0 amide bonds. The summed E-state index contributed by atoms with van der Waals surface area (Å²) in [4.78, 5) is 59.8. The van der Waals surface area contributed by atoms with Crippen molar-refractivity contribution in [3.63, 3.8) is 0 Å². The van der Waals surface area contributed by atoms with Gasteiger partial charge in [0.25, 0.3) is 0 Å². The first-order valence-electron chi connectivity index (χ1n) is 12.1. The van der Waals surface area contributed by atoms with E-state index in [-0.39, 0.29) is 6.61 Å². The van der Waals surface area contributed by atoms with Crippen molar-refractivity contribution in [2.75, 3.05) is 6.61 Å². The Morgan fingerprint density at radius 1 is 0.590 bits per heavy atom. The van der Waals surface area contributed by atoms with Gasteiger partial charge in [-0.15, -0.1) is 6.42 Å². The standard InChI is InChI=1S/C25H34O14/c1-9-10-31-24-22(37-16(7)29)21(19(11(2)32-24)35-14(5)27)39-25-23(38-17(8)30)20(36-15(6)28)18(12(3)33-25)34-13(4)26/h1,11-12,18-25H,10H2,2-8H3/t11?,12?,18-,19-,20?,21?,22?,23?,24+,25-/m0/s1. The van der Waals surface area contributed by atoms with Gasteiger partial charge >= 0.3 is 29.8 Å². The Kier molecular flexibility index (Phi) is 11.7. The van der Waals surface area contributed by atoms with Crippen molar-refractivity contribution in [3.8, 4) is 12.3 Å². The van der Waals surface area contributed by atoms with Gasteiger partial charge in [-0.3, -0.25) is 24.0 Å². The highest BCUT2D eigenvalue weighted by atomic mass is 16.8. The van der Waals surface area contributed by atoms with Crippen LogP contribution in [0.5, 0.6) is 0 Å². The first-order chi connectivity index (χ1) is 18.2. The van der Waals surface area contributed by atoms with Crippen LogP contribution in [0.15, 0.2) is 0 Å². The van der Waals surface area contributed by atoms with Crippen LogP contribution in [-0.2, 0) is 66.6 Å². The van der Waals surface area contributed by atoms with E-state index in [0.29, 0.717) is 0 Å². The molecule has 6 unspecified atom stereocenters. The lowest BCUT2D eigenvalue weighted by Gasteiger charge is -2.48. The van der Waals surface area contributed by atoms with Gasteiger partial charge in [0.1, 0.15) is 12.7 Å². The molecule has 10 atom stereocenters. The third kappa shape index (κ3) is 8.89. The molecule has 218 valence electrons. The Bertz CT molecular complexity index is 957. The molecule has 0 radical (unpaired) electrons. The molecule has 39 heavy (non-hydrogen) atoms. The molecular formula is C25H34O14. The number of carbonyl (C=O) groups excluding carboxylic acids is 5. The quantitative estimate of drug-likeness (QED) is 0.213. The van der Waals surface area contributed by atoms with Crippen LogP contribution in [0.4, 0.5) is 0 Å². The van der Waals surface area contributed by atoms with E-state index in [1.54, 1.807) is 6.92 Å². The second kappa shape index (κ2) is 14.2. The third-order valence-electron chi connectivity index (χ3n) is 5.59. The summed E-state index contributed by atoms with van der Waals surface area (Å²) in [5.74, 6) is -1.43. The highest BCUT2D eigenvalue weighted by Crippen LogP contribution is 2.35. The van der Waals surface area contributed by atoms with Crippen LogP contribution >= 0.6 is 0 Å². The molecular weight excluding hydrogens is 524 g/mol. The molecule has 14 nitrogen and oxygen atoms in total. The van der Waals surface area contributed by atoms with Gasteiger partial charge in [-0.2, -0.15) is 0 Å². The zero-order chi connectivity index (χ0) is 29.4. The predicted octanol–water partition coefficient (Wildman–Crippen LogP) is 0.170. The lowest BCUT2D eigenvalue weighted by atomic mass is 9.96. The normalized spacial score (nSPS) is 34.1. The molecule has 0 saturated carbocycles. The van der Waals surface area contributed by atoms with Crippen molar-refractivity contribution in [1.82, 2.24) is 0 Å². The fraction of sp³-hybridized carbons (Fsp3) is 0.720. The molecule has 0 aromatic rings. The number of carbonyl (C=O) groups is 5. The van der Waals surface area contributed by atoms with Crippen molar-refractivity contribution < 1.29 is 66.6 Å². The first-order valence-corrected chi connectivity index (χ1v) is 12.1. The van der Waals surface area contributed by atoms with Gasteiger partial charge in [0.2, 0.25) is 0 Å². The number of terminal acetylenes is 1. The topological polar surface area (TPSA) is 168 Å². The van der Waals surface area contributed by atoms with Crippen LogP contribution in [0, 0.1) is 12.3 Å². The van der Waals surface area contributed by atoms with Crippen LogP contribution < -0.4 is 0 Å². The van der Waals surface area contributed by atoms with Gasteiger partial charge in [-0.1, -0.05) is 5.92 Å². The lowest BCUT2D eigenvalue weighted by Crippen LogP contribution is -2.66. The zero-order valence-electron chi connectivity index (χ0n) is 22.8. The summed E-state index contributed by atoms with van der Waals surface area (Å²) in [6.45, 7) is 8.52. The summed E-state index contributed by atoms with van der Waals surface area (Å²) in [6.07, 6.45) is -7.08. The average Bonchev–Trinajstić information content (AvgIpc) is 2.80. The third-order valence-corrected chi connectivity index (χ3v) is 5.59. The molecule has 0 aliphatic carbocycles. The minimum atomic E-state index is -1.50. The second-order valence-electron chi connectivity index (χ2n) is 8.91. The molecule has 2 aliphatic heterocycles. The van der Waals surface area contributed by atoms with Crippen molar-refractivity contribution in [3.05, 3.63) is 0 Å². The first kappa shape index (κ1) is 32.0. The average molecular weight is 559 g/mol. The summed E-state index contributed by atoms with van der Waals surface area (Å²) < 4.78 is 50.4. The number of ether oxygens (including phenoxy) is 9. The summed E-state index contributed by atoms with van der Waals surface area (Å²) >= 11 is 0. The maximum Gasteiger partial charge on any atom is 0.303 e. The number of rotatable bonds is 9. The lowest BCUT2D eigenvalue weighted by molar-refractivity contribution is -0.355. The molecule has 2 aliphatic rings. The van der Waals surface area contributed by atoms with Crippen LogP contribution in [0.25, 0.3) is 0 Å². The highest BCUT2D eigenvalue weighted by molar-refractivity contribution is 5.68. The Morgan fingerprint density at radius 3 is 1.38 bits per heavy atom. The molecule has 2 fully saturated rings. The Hall–Kier alpha value is -3.25. The Morgan fingerprint density at radius 2 is 0.949 bits per heavy atom. The number of hydrogen-bond donors (Lipinski definition) is 0. The van der Waals surface area contributed by atoms with Gasteiger partial charge in [0.15, 0.2) is 43.1 Å². The molecule has 0 aromatic heterocycles. The largest absolute Gasteiger partial charge is 0.457 e. The van der Waals surface area contributed by atoms with Gasteiger partial charge in [-0.25, -0.2) is 0 Å². The molecule has 2 saturated heterocycles. The maximum absolute atomic E-state index is 12.1. The van der Waals surface area contributed by atoms with E-state index in [2.05, 4.69) is 5.92 Å². The minimum absolute atomic E-state index is 0.217. The molecule has 14 heteroatoms. The van der Waals surface area contributed by atoms with E-state index in [0.717, 1.165) is 34.6 Å². The number of hydrogen-bond acceptors (Lipinski definition) is 14. The summed E-state index contributed by atoms with van der Waals surface area (Å²) in [5, 5.41) is 0. The smallest absolute Gasteiger partial charge is 0.303 e. The molecule has 0 spiro atoms.